The first-order valence-electron chi connectivity index (χ1n) is 5.24. The van der Waals surface area contributed by atoms with Crippen LogP contribution in [0.4, 0.5) is 0 Å². The van der Waals surface area contributed by atoms with Gasteiger partial charge in [0.05, 0.1) is 0 Å². The van der Waals surface area contributed by atoms with Crippen LogP contribution in [0.3, 0.4) is 0 Å². The van der Waals surface area contributed by atoms with Gasteiger partial charge in [-0.15, -0.1) is 0 Å². The Labute approximate surface area is 99.3 Å². The first kappa shape index (κ1) is 11.1. The molecule has 0 spiro atoms. The van der Waals surface area contributed by atoms with Gasteiger partial charge in [0.2, 0.25) is 0 Å². The highest BCUT2D eigenvalue weighted by atomic mass is 35.5. The number of nitrogens with zero attached hydrogens (tertiary/aromatic N) is 4. The Balaban J connectivity index is 2.45. The molecule has 5 heteroatoms. The lowest BCUT2D eigenvalue weighted by Gasteiger charge is -2.06. The highest BCUT2D eigenvalue weighted by Gasteiger charge is 2.06. The first-order chi connectivity index (χ1) is 7.70. The summed E-state index contributed by atoms with van der Waals surface area (Å²) in [6.45, 7) is 4.02. The summed E-state index contributed by atoms with van der Waals surface area (Å²) in [5.74, 6) is 2.44. The Bertz CT molecular complexity index is 492. The van der Waals surface area contributed by atoms with Crippen molar-refractivity contribution < 1.29 is 0 Å². The van der Waals surface area contributed by atoms with E-state index < -0.39 is 0 Å². The van der Waals surface area contributed by atoms with E-state index in [-0.39, 0.29) is 0 Å². The van der Waals surface area contributed by atoms with Crippen LogP contribution in [0.15, 0.2) is 18.5 Å². The summed E-state index contributed by atoms with van der Waals surface area (Å²) < 4.78 is 1.90. The van der Waals surface area contributed by atoms with Gasteiger partial charge in [0, 0.05) is 24.9 Å². The molecule has 2 aromatic rings. The number of hydrogen-bond acceptors (Lipinski definition) is 3. The zero-order chi connectivity index (χ0) is 11.5. The minimum absolute atomic E-state index is 0.474. The van der Waals surface area contributed by atoms with Crippen molar-refractivity contribution >= 4 is 11.6 Å². The molecule has 0 bridgehead atoms. The van der Waals surface area contributed by atoms with E-state index in [1.54, 1.807) is 12.3 Å². The highest BCUT2D eigenvalue weighted by Crippen LogP contribution is 2.13. The summed E-state index contributed by atoms with van der Waals surface area (Å²) in [6.07, 6.45) is 5.44. The fourth-order valence-electron chi connectivity index (χ4n) is 1.53. The van der Waals surface area contributed by atoms with Crippen molar-refractivity contribution in [1.29, 1.82) is 0 Å². The summed E-state index contributed by atoms with van der Waals surface area (Å²) in [5, 5.41) is 0.474. The van der Waals surface area contributed by atoms with Crippen LogP contribution in [0, 0.1) is 6.92 Å². The molecule has 2 rings (SSSR count). The predicted octanol–water partition coefficient (Wildman–Crippen LogP) is 2.58. The minimum atomic E-state index is 0.474. The minimum Gasteiger partial charge on any atom is -0.288 e. The molecule has 0 aromatic carbocycles. The lowest BCUT2D eigenvalue weighted by molar-refractivity contribution is 0.810. The van der Waals surface area contributed by atoms with Crippen molar-refractivity contribution in [2.24, 2.45) is 0 Å². The third-order valence-electron chi connectivity index (χ3n) is 2.27. The molecule has 0 saturated carbocycles. The molecule has 0 radical (unpaired) electrons. The van der Waals surface area contributed by atoms with E-state index in [9.17, 15) is 0 Å². The Morgan fingerprint density at radius 3 is 2.81 bits per heavy atom. The normalized spacial score (nSPS) is 10.7. The molecule has 0 aliphatic heterocycles. The SMILES string of the molecule is CCCc1nc(Cl)cc(-n2ccnc2C)n1. The summed E-state index contributed by atoms with van der Waals surface area (Å²) >= 11 is 5.97. The number of aromatic nitrogens is 4. The molecule has 0 aliphatic carbocycles. The molecule has 0 saturated heterocycles. The van der Waals surface area contributed by atoms with Crippen molar-refractivity contribution in [3.63, 3.8) is 0 Å². The second kappa shape index (κ2) is 4.61. The fraction of sp³-hybridized carbons (Fsp3) is 0.364. The third-order valence-corrected chi connectivity index (χ3v) is 2.47. The van der Waals surface area contributed by atoms with Gasteiger partial charge >= 0.3 is 0 Å². The summed E-state index contributed by atoms with van der Waals surface area (Å²) in [4.78, 5) is 12.8. The number of rotatable bonds is 3. The molecule has 2 aromatic heterocycles. The molecule has 0 aliphatic rings. The van der Waals surface area contributed by atoms with Crippen LogP contribution in [-0.4, -0.2) is 19.5 Å². The molecule has 0 atom stereocenters. The number of imidazole rings is 1. The molecule has 84 valence electrons. The fourth-order valence-corrected chi connectivity index (χ4v) is 1.73. The van der Waals surface area contributed by atoms with Crippen LogP contribution in [0.5, 0.6) is 0 Å². The van der Waals surface area contributed by atoms with E-state index in [0.29, 0.717) is 5.15 Å². The van der Waals surface area contributed by atoms with E-state index >= 15 is 0 Å². The maximum atomic E-state index is 5.97. The maximum Gasteiger partial charge on any atom is 0.143 e. The monoisotopic (exact) mass is 236 g/mol. The molecule has 16 heavy (non-hydrogen) atoms. The van der Waals surface area contributed by atoms with Crippen molar-refractivity contribution in [3.8, 4) is 5.82 Å². The van der Waals surface area contributed by atoms with E-state index in [1.807, 2.05) is 17.7 Å². The zero-order valence-electron chi connectivity index (χ0n) is 9.31. The molecular formula is C11H13ClN4. The van der Waals surface area contributed by atoms with E-state index in [1.165, 1.54) is 0 Å². The Morgan fingerprint density at radius 1 is 1.38 bits per heavy atom. The van der Waals surface area contributed by atoms with Crippen LogP contribution in [0.2, 0.25) is 5.15 Å². The number of halogens is 1. The van der Waals surface area contributed by atoms with E-state index in [0.717, 1.165) is 30.3 Å². The predicted molar refractivity (Wildman–Crippen MR) is 62.9 cm³/mol. The van der Waals surface area contributed by atoms with Crippen LogP contribution in [0.25, 0.3) is 5.82 Å². The summed E-state index contributed by atoms with van der Waals surface area (Å²) in [7, 11) is 0. The topological polar surface area (TPSA) is 43.6 Å². The molecular weight excluding hydrogens is 224 g/mol. The molecule has 0 unspecified atom stereocenters. The van der Waals surface area contributed by atoms with Gasteiger partial charge in [0.25, 0.3) is 0 Å². The molecule has 0 amide bonds. The lowest BCUT2D eigenvalue weighted by Crippen LogP contribution is -2.03. The Hall–Kier alpha value is -1.42. The van der Waals surface area contributed by atoms with Gasteiger partial charge in [-0.1, -0.05) is 18.5 Å². The second-order valence-corrected chi connectivity index (χ2v) is 3.95. The largest absolute Gasteiger partial charge is 0.288 e. The first-order valence-corrected chi connectivity index (χ1v) is 5.62. The molecule has 0 N–H and O–H groups in total. The quantitative estimate of drug-likeness (QED) is 0.770. The van der Waals surface area contributed by atoms with Gasteiger partial charge in [0.1, 0.15) is 22.6 Å². The Kier molecular flexibility index (Phi) is 3.19. The second-order valence-electron chi connectivity index (χ2n) is 3.56. The summed E-state index contributed by atoms with van der Waals surface area (Å²) in [6, 6.07) is 1.75. The van der Waals surface area contributed by atoms with Gasteiger partial charge in [-0.3, -0.25) is 4.57 Å². The van der Waals surface area contributed by atoms with E-state index in [4.69, 9.17) is 11.6 Å². The van der Waals surface area contributed by atoms with Crippen LogP contribution in [0.1, 0.15) is 25.0 Å². The Morgan fingerprint density at radius 2 is 2.19 bits per heavy atom. The average Bonchev–Trinajstić information content (AvgIpc) is 2.64. The third kappa shape index (κ3) is 2.22. The van der Waals surface area contributed by atoms with Gasteiger partial charge in [-0.05, 0) is 13.3 Å². The number of hydrogen-bond donors (Lipinski definition) is 0. The van der Waals surface area contributed by atoms with Crippen LogP contribution in [-0.2, 0) is 6.42 Å². The number of aryl methyl sites for hydroxylation is 2. The van der Waals surface area contributed by atoms with Gasteiger partial charge in [-0.25, -0.2) is 15.0 Å². The smallest absolute Gasteiger partial charge is 0.143 e. The van der Waals surface area contributed by atoms with Crippen molar-refractivity contribution in [3.05, 3.63) is 35.3 Å². The van der Waals surface area contributed by atoms with Gasteiger partial charge in [0.15, 0.2) is 0 Å². The average molecular weight is 237 g/mol. The van der Waals surface area contributed by atoms with Crippen LogP contribution >= 0.6 is 11.6 Å². The van der Waals surface area contributed by atoms with Crippen LogP contribution < -0.4 is 0 Å². The standard InChI is InChI=1S/C11H13ClN4/c1-3-4-10-14-9(12)7-11(15-10)16-6-5-13-8(16)2/h5-7H,3-4H2,1-2H3. The molecule has 4 nitrogen and oxygen atoms in total. The van der Waals surface area contributed by atoms with Crippen molar-refractivity contribution in [2.45, 2.75) is 26.7 Å². The van der Waals surface area contributed by atoms with Crippen molar-refractivity contribution in [2.75, 3.05) is 0 Å². The van der Waals surface area contributed by atoms with Crippen molar-refractivity contribution in [1.82, 2.24) is 19.5 Å². The van der Waals surface area contributed by atoms with E-state index in [2.05, 4.69) is 21.9 Å². The van der Waals surface area contributed by atoms with Gasteiger partial charge in [-0.2, -0.15) is 0 Å². The maximum absolute atomic E-state index is 5.97. The van der Waals surface area contributed by atoms with Gasteiger partial charge < -0.3 is 0 Å². The molecule has 0 fully saturated rings. The zero-order valence-corrected chi connectivity index (χ0v) is 10.1. The molecule has 2 heterocycles. The highest BCUT2D eigenvalue weighted by molar-refractivity contribution is 6.29. The summed E-state index contributed by atoms with van der Waals surface area (Å²) in [5.41, 5.74) is 0. The lowest BCUT2D eigenvalue weighted by atomic mass is 10.3.